The molecule has 9 nitrogen and oxygen atoms in total. The zero-order valence-electron chi connectivity index (χ0n) is 22.1. The molecule has 0 fully saturated rings. The molecule has 0 atom stereocenters. The van der Waals surface area contributed by atoms with Gasteiger partial charge in [-0.05, 0) is 59.7 Å². The highest BCUT2D eigenvalue weighted by Gasteiger charge is 2.09. The highest BCUT2D eigenvalue weighted by molar-refractivity contribution is 8.13. The van der Waals surface area contributed by atoms with E-state index in [1.165, 1.54) is 0 Å². The van der Waals surface area contributed by atoms with E-state index in [0.717, 1.165) is 18.2 Å². The van der Waals surface area contributed by atoms with Gasteiger partial charge >= 0.3 is 10.1 Å². The average Bonchev–Trinajstić information content (AvgIpc) is 2.99. The first kappa shape index (κ1) is 31.8. The summed E-state index contributed by atoms with van der Waals surface area (Å²) in [5.74, 6) is 1.13. The molecule has 0 aliphatic carbocycles. The van der Waals surface area contributed by atoms with Gasteiger partial charge in [0.1, 0.15) is 36.2 Å². The van der Waals surface area contributed by atoms with Crippen LogP contribution in [-0.4, -0.2) is 35.8 Å². The second-order valence-electron chi connectivity index (χ2n) is 8.28. The van der Waals surface area contributed by atoms with E-state index >= 15 is 0 Å². The summed E-state index contributed by atoms with van der Waals surface area (Å²) in [6, 6.07) is 33.0. The Kier molecular flexibility index (Phi) is 12.3. The van der Waals surface area contributed by atoms with Crippen LogP contribution in [0.4, 0.5) is 0 Å². The molecule has 4 aromatic carbocycles. The minimum atomic E-state index is -3.66. The lowest BCUT2D eigenvalue weighted by Gasteiger charge is -2.08. The average molecular weight is 621 g/mol. The Balaban J connectivity index is 0.000000226. The van der Waals surface area contributed by atoms with Crippen molar-refractivity contribution in [2.45, 2.75) is 13.2 Å². The Labute approximate surface area is 244 Å². The normalized spacial score (nSPS) is 11.1. The van der Waals surface area contributed by atoms with Gasteiger partial charge < -0.3 is 18.9 Å². The first-order valence-corrected chi connectivity index (χ1v) is 16.2. The fourth-order valence-corrected chi connectivity index (χ4v) is 3.86. The van der Waals surface area contributed by atoms with Crippen molar-refractivity contribution in [3.8, 4) is 23.0 Å². The van der Waals surface area contributed by atoms with Crippen molar-refractivity contribution < 1.29 is 40.0 Å². The fourth-order valence-electron chi connectivity index (χ4n) is 3.07. The van der Waals surface area contributed by atoms with E-state index in [4.69, 9.17) is 29.6 Å². The summed E-state index contributed by atoms with van der Waals surface area (Å²) < 4.78 is 69.4. The minimum absolute atomic E-state index is 0.418. The van der Waals surface area contributed by atoms with Crippen LogP contribution >= 0.6 is 10.7 Å². The van der Waals surface area contributed by atoms with E-state index in [9.17, 15) is 16.8 Å². The third-order valence-corrected chi connectivity index (χ3v) is 6.72. The van der Waals surface area contributed by atoms with Gasteiger partial charge in [-0.1, -0.05) is 60.7 Å². The molecule has 0 unspecified atom stereocenters. The first-order valence-electron chi connectivity index (χ1n) is 12.1. The predicted octanol–water partition coefficient (Wildman–Crippen LogP) is 5.75. The van der Waals surface area contributed by atoms with Gasteiger partial charge in [0.05, 0.1) is 7.11 Å². The van der Waals surface area contributed by atoms with E-state index in [2.05, 4.69) is 4.18 Å². The van der Waals surface area contributed by atoms with Gasteiger partial charge in [-0.2, -0.15) is 8.42 Å². The number of hydrogen-bond donors (Lipinski definition) is 0. The molecule has 0 aliphatic rings. The van der Waals surface area contributed by atoms with Crippen LogP contribution in [0.1, 0.15) is 11.1 Å². The molecule has 41 heavy (non-hydrogen) atoms. The monoisotopic (exact) mass is 620 g/mol. The smallest absolute Gasteiger partial charge is 0.302 e. The quantitative estimate of drug-likeness (QED) is 0.136. The summed E-state index contributed by atoms with van der Waals surface area (Å²) in [5.41, 5.74) is 2.14. The molecule has 0 aromatic heterocycles. The Morgan fingerprint density at radius 1 is 0.512 bits per heavy atom. The maximum atomic E-state index is 11.1. The van der Waals surface area contributed by atoms with E-state index in [0.29, 0.717) is 36.2 Å². The van der Waals surface area contributed by atoms with Crippen molar-refractivity contribution in [2.24, 2.45) is 0 Å². The van der Waals surface area contributed by atoms with Crippen molar-refractivity contribution in [3.05, 3.63) is 120 Å². The lowest BCUT2D eigenvalue weighted by Crippen LogP contribution is -2.13. The van der Waals surface area contributed by atoms with Crippen LogP contribution in [0.5, 0.6) is 23.0 Å². The van der Waals surface area contributed by atoms with Gasteiger partial charge in [0.25, 0.3) is 9.05 Å². The third kappa shape index (κ3) is 13.0. The number of ether oxygens (including phenoxy) is 4. The molecule has 218 valence electrons. The van der Waals surface area contributed by atoms with Crippen molar-refractivity contribution in [1.82, 2.24) is 0 Å². The Morgan fingerprint density at radius 2 is 0.854 bits per heavy atom. The topological polar surface area (TPSA) is 114 Å². The summed E-state index contributed by atoms with van der Waals surface area (Å²) >= 11 is 0. The van der Waals surface area contributed by atoms with Gasteiger partial charge in [-0.15, -0.1) is 0 Å². The zero-order valence-corrected chi connectivity index (χ0v) is 24.5. The van der Waals surface area contributed by atoms with E-state index in [1.807, 2.05) is 60.7 Å². The molecule has 4 rings (SSSR count). The van der Waals surface area contributed by atoms with Crippen LogP contribution in [0.3, 0.4) is 0 Å². The van der Waals surface area contributed by atoms with Crippen molar-refractivity contribution in [2.75, 3.05) is 19.0 Å². The molecule has 4 aromatic rings. The number of halogens is 1. The Hall–Kier alpha value is -3.77. The maximum Gasteiger partial charge on any atom is 0.302 e. The van der Waals surface area contributed by atoms with Crippen molar-refractivity contribution >= 4 is 29.9 Å². The standard InChI is InChI=1S/C15H16O5S.C14H13ClO4S/c1-18-21(16,17)12-20-15-9-7-14(8-10-15)19-11-13-5-3-2-4-6-13;15-20(16,17)11-19-14-8-6-13(7-9-14)18-10-12-4-2-1-3-5-12/h2-10H,11-12H2,1H3;1-9H,10-11H2. The largest absolute Gasteiger partial charge is 0.489 e. The first-order chi connectivity index (χ1) is 19.6. The molecule has 0 saturated carbocycles. The van der Waals surface area contributed by atoms with E-state index in [-0.39, 0.29) is 0 Å². The lowest BCUT2D eigenvalue weighted by atomic mass is 10.2. The van der Waals surface area contributed by atoms with Gasteiger partial charge in [-0.3, -0.25) is 4.18 Å². The summed E-state index contributed by atoms with van der Waals surface area (Å²) in [6.07, 6.45) is 0. The minimum Gasteiger partial charge on any atom is -0.489 e. The van der Waals surface area contributed by atoms with Gasteiger partial charge in [0, 0.05) is 10.7 Å². The van der Waals surface area contributed by atoms with Crippen LogP contribution in [0.25, 0.3) is 0 Å². The van der Waals surface area contributed by atoms with Crippen molar-refractivity contribution in [1.29, 1.82) is 0 Å². The highest BCUT2D eigenvalue weighted by Crippen LogP contribution is 2.20. The van der Waals surface area contributed by atoms with Crippen molar-refractivity contribution in [3.63, 3.8) is 0 Å². The third-order valence-electron chi connectivity index (χ3n) is 5.13. The maximum absolute atomic E-state index is 11.1. The Bertz CT molecular complexity index is 1530. The zero-order chi connectivity index (χ0) is 29.6. The molecule has 0 spiro atoms. The molecule has 0 aliphatic heterocycles. The fraction of sp³-hybridized carbons (Fsp3) is 0.172. The number of hydrogen-bond acceptors (Lipinski definition) is 9. The second-order valence-corrected chi connectivity index (χ2v) is 12.7. The molecular weight excluding hydrogens is 592 g/mol. The summed E-state index contributed by atoms with van der Waals surface area (Å²) in [4.78, 5) is 0. The predicted molar refractivity (Wildman–Crippen MR) is 156 cm³/mol. The Morgan fingerprint density at radius 3 is 1.20 bits per heavy atom. The summed E-state index contributed by atoms with van der Waals surface area (Å²) in [6.45, 7) is 0.941. The lowest BCUT2D eigenvalue weighted by molar-refractivity contribution is 0.304. The van der Waals surface area contributed by atoms with Gasteiger partial charge in [0.2, 0.25) is 11.9 Å². The van der Waals surface area contributed by atoms with Crippen LogP contribution in [0.15, 0.2) is 109 Å². The van der Waals surface area contributed by atoms with Crippen LogP contribution in [0, 0.1) is 0 Å². The molecule has 0 amide bonds. The van der Waals surface area contributed by atoms with E-state index in [1.54, 1.807) is 48.5 Å². The molecule has 0 bridgehead atoms. The summed E-state index contributed by atoms with van der Waals surface area (Å²) in [5, 5.41) is 0. The molecular formula is C29H29ClO9S2. The molecule has 0 heterocycles. The van der Waals surface area contributed by atoms with E-state index < -0.39 is 31.0 Å². The van der Waals surface area contributed by atoms with Crippen LogP contribution < -0.4 is 18.9 Å². The van der Waals surface area contributed by atoms with Gasteiger partial charge in [-0.25, -0.2) is 8.42 Å². The van der Waals surface area contributed by atoms with Crippen LogP contribution in [0.2, 0.25) is 0 Å². The number of rotatable bonds is 13. The molecule has 0 saturated heterocycles. The molecule has 0 N–H and O–H groups in total. The summed E-state index contributed by atoms with van der Waals surface area (Å²) in [7, 11) is -1.14. The SMILES string of the molecule is COS(=O)(=O)COc1ccc(OCc2ccccc2)cc1.O=S(=O)(Cl)COc1ccc(OCc2ccccc2)cc1. The van der Waals surface area contributed by atoms with Gasteiger partial charge in [0.15, 0.2) is 0 Å². The second kappa shape index (κ2) is 15.9. The molecule has 12 heteroatoms. The number of benzene rings is 4. The molecule has 0 radical (unpaired) electrons. The highest BCUT2D eigenvalue weighted by atomic mass is 35.7. The van der Waals surface area contributed by atoms with Crippen LogP contribution in [-0.2, 0) is 36.6 Å².